The number of aliphatic hydroxyl groups is 1. The number of aliphatic hydroxyl groups excluding tert-OH is 1. The molecule has 0 bridgehead atoms. The number of halogens is 1. The summed E-state index contributed by atoms with van der Waals surface area (Å²) in [5.74, 6) is -0.663. The second kappa shape index (κ2) is 6.07. The lowest BCUT2D eigenvalue weighted by atomic mass is 9.95. The number of nitrogens with zero attached hydrogens (tertiary/aromatic N) is 1. The molecule has 4 rings (SSSR count). The third kappa shape index (κ3) is 2.50. The zero-order chi connectivity index (χ0) is 18.4. The molecule has 1 atom stereocenters. The highest BCUT2D eigenvalue weighted by Gasteiger charge is 2.44. The number of fused-ring (bicyclic) bond motifs is 1. The number of benzene rings is 2. The average molecular weight is 372 g/mol. The highest BCUT2D eigenvalue weighted by molar-refractivity contribution is 6.46. The van der Waals surface area contributed by atoms with Gasteiger partial charge in [0.1, 0.15) is 5.76 Å². The smallest absolute Gasteiger partial charge is 0.295 e. The van der Waals surface area contributed by atoms with Crippen LogP contribution in [0.25, 0.3) is 5.76 Å². The van der Waals surface area contributed by atoms with Crippen molar-refractivity contribution >= 4 is 29.1 Å². The first-order chi connectivity index (χ1) is 12.5. The normalized spacial score (nSPS) is 20.7. The maximum absolute atomic E-state index is 12.5. The van der Waals surface area contributed by atoms with Crippen LogP contribution in [0.5, 0.6) is 11.5 Å². The molecule has 132 valence electrons. The molecule has 1 fully saturated rings. The summed E-state index contributed by atoms with van der Waals surface area (Å²) in [6.07, 6.45) is 0. The van der Waals surface area contributed by atoms with E-state index in [2.05, 4.69) is 0 Å². The first kappa shape index (κ1) is 16.5. The van der Waals surface area contributed by atoms with Crippen molar-refractivity contribution in [3.8, 4) is 11.5 Å². The minimum absolute atomic E-state index is 0.0126. The zero-order valence-corrected chi connectivity index (χ0v) is 14.5. The molecule has 26 heavy (non-hydrogen) atoms. The Kier molecular flexibility index (Phi) is 3.85. The Morgan fingerprint density at radius 2 is 1.92 bits per heavy atom. The van der Waals surface area contributed by atoms with Crippen LogP contribution in [0.4, 0.5) is 0 Å². The van der Waals surface area contributed by atoms with Gasteiger partial charge in [0.25, 0.3) is 11.7 Å². The molecule has 2 heterocycles. The van der Waals surface area contributed by atoms with E-state index in [0.717, 1.165) is 0 Å². The minimum atomic E-state index is -0.743. The van der Waals surface area contributed by atoms with E-state index >= 15 is 0 Å². The Hall–Kier alpha value is -2.99. The molecule has 0 aliphatic carbocycles. The van der Waals surface area contributed by atoms with E-state index in [1.807, 2.05) is 0 Å². The molecule has 1 N–H and O–H groups in total. The maximum Gasteiger partial charge on any atom is 0.295 e. The van der Waals surface area contributed by atoms with Crippen LogP contribution in [0.3, 0.4) is 0 Å². The van der Waals surface area contributed by atoms with Crippen molar-refractivity contribution in [3.05, 3.63) is 64.2 Å². The molecule has 2 aromatic carbocycles. The second-order valence-electron chi connectivity index (χ2n) is 6.03. The number of ether oxygens (including phenoxy) is 2. The summed E-state index contributed by atoms with van der Waals surface area (Å²) in [6, 6.07) is 11.0. The number of amides is 1. The number of likely N-dealkylation sites (N-methyl/N-ethyl adjacent to an activating group) is 1. The Morgan fingerprint density at radius 3 is 2.69 bits per heavy atom. The van der Waals surface area contributed by atoms with Gasteiger partial charge in [0, 0.05) is 17.6 Å². The Morgan fingerprint density at radius 1 is 1.15 bits per heavy atom. The summed E-state index contributed by atoms with van der Waals surface area (Å²) in [4.78, 5) is 26.1. The SMILES string of the molecule is CN1C(=O)C(=O)/C(=C(/O)c2ccc3c(c2)OCO3)C1c1cccc(Cl)c1. The van der Waals surface area contributed by atoms with Gasteiger partial charge in [-0.15, -0.1) is 0 Å². The number of hydrogen-bond donors (Lipinski definition) is 1. The van der Waals surface area contributed by atoms with Gasteiger partial charge in [-0.3, -0.25) is 9.59 Å². The molecule has 1 amide bonds. The maximum atomic E-state index is 12.5. The van der Waals surface area contributed by atoms with Crippen LogP contribution in [0.1, 0.15) is 17.2 Å². The Labute approximate surface area is 154 Å². The number of carbonyl (C=O) groups is 2. The number of carbonyl (C=O) groups excluding carboxylic acids is 2. The number of Topliss-reactive ketones (excluding diaryl/α,β-unsaturated/α-hetero) is 1. The van der Waals surface area contributed by atoms with Gasteiger partial charge in [-0.05, 0) is 35.9 Å². The minimum Gasteiger partial charge on any atom is -0.507 e. The van der Waals surface area contributed by atoms with Crippen LogP contribution in [-0.2, 0) is 9.59 Å². The van der Waals surface area contributed by atoms with Gasteiger partial charge in [0.15, 0.2) is 11.5 Å². The van der Waals surface area contributed by atoms with Crippen LogP contribution in [0.15, 0.2) is 48.0 Å². The van der Waals surface area contributed by atoms with E-state index < -0.39 is 17.7 Å². The first-order valence-corrected chi connectivity index (χ1v) is 8.25. The number of likely N-dealkylation sites (tertiary alicyclic amines) is 1. The molecule has 7 heteroatoms. The van der Waals surface area contributed by atoms with Crippen molar-refractivity contribution in [1.29, 1.82) is 0 Å². The summed E-state index contributed by atoms with van der Waals surface area (Å²) in [5.41, 5.74) is 1.02. The van der Waals surface area contributed by atoms with E-state index in [9.17, 15) is 14.7 Å². The lowest BCUT2D eigenvalue weighted by Crippen LogP contribution is -2.24. The van der Waals surface area contributed by atoms with Crippen LogP contribution in [0.2, 0.25) is 5.02 Å². The fourth-order valence-corrected chi connectivity index (χ4v) is 3.41. The summed E-state index contributed by atoms with van der Waals surface area (Å²) >= 11 is 6.05. The summed E-state index contributed by atoms with van der Waals surface area (Å²) < 4.78 is 10.6. The Bertz CT molecular complexity index is 968. The molecule has 1 unspecified atom stereocenters. The third-order valence-corrected chi connectivity index (χ3v) is 4.72. The Balaban J connectivity index is 1.86. The highest BCUT2D eigenvalue weighted by Crippen LogP contribution is 2.41. The van der Waals surface area contributed by atoms with E-state index in [1.165, 1.54) is 11.9 Å². The highest BCUT2D eigenvalue weighted by atomic mass is 35.5. The van der Waals surface area contributed by atoms with Crippen LogP contribution in [0, 0.1) is 0 Å². The van der Waals surface area contributed by atoms with Gasteiger partial charge in [0.05, 0.1) is 11.6 Å². The molecule has 1 saturated heterocycles. The monoisotopic (exact) mass is 371 g/mol. The fraction of sp³-hybridized carbons (Fsp3) is 0.158. The van der Waals surface area contributed by atoms with Crippen molar-refractivity contribution in [2.24, 2.45) is 0 Å². The summed E-state index contributed by atoms with van der Waals surface area (Å²) in [5, 5.41) is 11.3. The summed E-state index contributed by atoms with van der Waals surface area (Å²) in [6.45, 7) is 0.0986. The quantitative estimate of drug-likeness (QED) is 0.498. The van der Waals surface area contributed by atoms with Crippen molar-refractivity contribution in [2.75, 3.05) is 13.8 Å². The number of hydrogen-bond acceptors (Lipinski definition) is 5. The van der Waals surface area contributed by atoms with Gasteiger partial charge in [-0.25, -0.2) is 0 Å². The van der Waals surface area contributed by atoms with Crippen LogP contribution in [-0.4, -0.2) is 35.5 Å². The molecule has 0 aromatic heterocycles. The van der Waals surface area contributed by atoms with E-state index in [4.69, 9.17) is 21.1 Å². The molecule has 2 aromatic rings. The molecule has 2 aliphatic heterocycles. The second-order valence-corrected chi connectivity index (χ2v) is 6.47. The van der Waals surface area contributed by atoms with E-state index in [-0.39, 0.29) is 18.1 Å². The van der Waals surface area contributed by atoms with Crippen molar-refractivity contribution < 1.29 is 24.2 Å². The standard InChI is InChI=1S/C19H14ClNO5/c1-21-16(10-3-2-4-12(20)7-10)15(18(23)19(21)24)17(22)11-5-6-13-14(8-11)26-9-25-13/h2-8,16,22H,9H2,1H3/b17-15+. The zero-order valence-electron chi connectivity index (χ0n) is 13.7. The molecule has 0 saturated carbocycles. The van der Waals surface area contributed by atoms with Gasteiger partial charge in [-0.2, -0.15) is 0 Å². The van der Waals surface area contributed by atoms with Gasteiger partial charge < -0.3 is 19.5 Å². The molecule has 0 spiro atoms. The van der Waals surface area contributed by atoms with Gasteiger partial charge in [-0.1, -0.05) is 23.7 Å². The van der Waals surface area contributed by atoms with Crippen molar-refractivity contribution in [3.63, 3.8) is 0 Å². The predicted octanol–water partition coefficient (Wildman–Crippen LogP) is 3.12. The fourth-order valence-electron chi connectivity index (χ4n) is 3.21. The molecule has 6 nitrogen and oxygen atoms in total. The average Bonchev–Trinajstić information content (AvgIpc) is 3.19. The first-order valence-electron chi connectivity index (χ1n) is 7.87. The summed E-state index contributed by atoms with van der Waals surface area (Å²) in [7, 11) is 1.52. The molecular weight excluding hydrogens is 358 g/mol. The number of ketones is 1. The molecule has 0 radical (unpaired) electrons. The largest absolute Gasteiger partial charge is 0.507 e. The predicted molar refractivity (Wildman–Crippen MR) is 94.1 cm³/mol. The van der Waals surface area contributed by atoms with Gasteiger partial charge in [0.2, 0.25) is 6.79 Å². The lowest BCUT2D eigenvalue weighted by Gasteiger charge is -2.21. The van der Waals surface area contributed by atoms with E-state index in [0.29, 0.717) is 27.6 Å². The van der Waals surface area contributed by atoms with E-state index in [1.54, 1.807) is 42.5 Å². The van der Waals surface area contributed by atoms with Crippen molar-refractivity contribution in [2.45, 2.75) is 6.04 Å². The lowest BCUT2D eigenvalue weighted by molar-refractivity contribution is -0.139. The number of rotatable bonds is 2. The third-order valence-electron chi connectivity index (χ3n) is 4.49. The van der Waals surface area contributed by atoms with Crippen LogP contribution >= 0.6 is 11.6 Å². The topological polar surface area (TPSA) is 76.1 Å². The molecule has 2 aliphatic rings. The molecular formula is C19H14ClNO5. The van der Waals surface area contributed by atoms with Crippen molar-refractivity contribution in [1.82, 2.24) is 4.90 Å². The van der Waals surface area contributed by atoms with Gasteiger partial charge >= 0.3 is 0 Å². The van der Waals surface area contributed by atoms with Crippen LogP contribution < -0.4 is 9.47 Å².